The highest BCUT2D eigenvalue weighted by Crippen LogP contribution is 2.34. The summed E-state index contributed by atoms with van der Waals surface area (Å²) in [6, 6.07) is 11.2. The van der Waals surface area contributed by atoms with Crippen LogP contribution in [0.4, 0.5) is 24.7 Å². The number of nitrogens with zero attached hydrogens (tertiary/aromatic N) is 3. The van der Waals surface area contributed by atoms with Crippen molar-refractivity contribution in [1.29, 1.82) is 0 Å². The summed E-state index contributed by atoms with van der Waals surface area (Å²) in [5.41, 5.74) is 0.388. The SMILES string of the molecule is O=C(Nc1cc(F)c(Oc2ccc3ncc(N4CCCC4)nc3c2)c(F)c1F)c1ccccc1Cl. The molecule has 4 aromatic rings. The first kappa shape index (κ1) is 22.9. The summed E-state index contributed by atoms with van der Waals surface area (Å²) in [5.74, 6) is -5.26. The van der Waals surface area contributed by atoms with Gasteiger partial charge in [0.15, 0.2) is 11.6 Å². The zero-order chi connectivity index (χ0) is 24.5. The molecule has 0 atom stereocenters. The summed E-state index contributed by atoms with van der Waals surface area (Å²) >= 11 is 5.96. The standard InChI is InChI=1S/C25H18ClF3N4O2/c26-16-6-2-1-5-15(16)25(34)32-20-12-17(27)24(23(29)22(20)28)35-14-7-8-18-19(11-14)31-21(13-30-18)33-9-3-4-10-33/h1-2,5-8,11-13H,3-4,9-10H2,(H,32,34). The third-order valence-electron chi connectivity index (χ3n) is 5.63. The molecule has 1 amide bonds. The van der Waals surface area contributed by atoms with Crippen molar-refractivity contribution in [3.8, 4) is 11.5 Å². The van der Waals surface area contributed by atoms with Crippen molar-refractivity contribution in [2.24, 2.45) is 0 Å². The number of rotatable bonds is 5. The van der Waals surface area contributed by atoms with Gasteiger partial charge in [-0.1, -0.05) is 23.7 Å². The summed E-state index contributed by atoms with van der Waals surface area (Å²) in [6.45, 7) is 1.76. The summed E-state index contributed by atoms with van der Waals surface area (Å²) in [4.78, 5) is 23.4. The van der Waals surface area contributed by atoms with Crippen LogP contribution in [0.3, 0.4) is 0 Å². The van der Waals surface area contributed by atoms with Crippen molar-refractivity contribution in [2.75, 3.05) is 23.3 Å². The molecule has 2 heterocycles. The van der Waals surface area contributed by atoms with Crippen LogP contribution >= 0.6 is 11.6 Å². The summed E-state index contributed by atoms with van der Waals surface area (Å²) in [7, 11) is 0. The molecule has 10 heteroatoms. The number of carbonyl (C=O) groups excluding carboxylic acids is 1. The molecule has 1 fully saturated rings. The average Bonchev–Trinajstić information content (AvgIpc) is 3.40. The van der Waals surface area contributed by atoms with E-state index in [0.717, 1.165) is 25.9 Å². The molecule has 1 aliphatic rings. The molecule has 0 unspecified atom stereocenters. The van der Waals surface area contributed by atoms with Crippen LogP contribution in [-0.4, -0.2) is 29.0 Å². The maximum absolute atomic E-state index is 14.8. The maximum atomic E-state index is 14.8. The molecule has 3 aromatic carbocycles. The minimum absolute atomic E-state index is 0.0280. The molecule has 1 saturated heterocycles. The smallest absolute Gasteiger partial charge is 0.257 e. The van der Waals surface area contributed by atoms with Gasteiger partial charge in [-0.25, -0.2) is 13.8 Å². The molecule has 0 spiro atoms. The predicted molar refractivity (Wildman–Crippen MR) is 127 cm³/mol. The first-order valence-electron chi connectivity index (χ1n) is 10.8. The quantitative estimate of drug-likeness (QED) is 0.325. The highest BCUT2D eigenvalue weighted by atomic mass is 35.5. The van der Waals surface area contributed by atoms with Gasteiger partial charge >= 0.3 is 0 Å². The number of fused-ring (bicyclic) bond motifs is 1. The minimum Gasteiger partial charge on any atom is -0.451 e. The van der Waals surface area contributed by atoms with Crippen molar-refractivity contribution in [3.05, 3.63) is 82.8 Å². The number of nitrogens with one attached hydrogen (secondary N) is 1. The Morgan fingerprint density at radius 3 is 2.54 bits per heavy atom. The Balaban J connectivity index is 1.41. The lowest BCUT2D eigenvalue weighted by Gasteiger charge is -2.16. The number of benzene rings is 3. The van der Waals surface area contributed by atoms with Crippen LogP contribution in [-0.2, 0) is 0 Å². The fourth-order valence-corrected chi connectivity index (χ4v) is 4.08. The second-order valence-corrected chi connectivity index (χ2v) is 8.38. The van der Waals surface area contributed by atoms with E-state index in [1.807, 2.05) is 0 Å². The number of hydrogen-bond acceptors (Lipinski definition) is 5. The summed E-state index contributed by atoms with van der Waals surface area (Å²) < 4.78 is 49.6. The van der Waals surface area contributed by atoms with Crippen LogP contribution in [0.2, 0.25) is 5.02 Å². The number of aromatic nitrogens is 2. The minimum atomic E-state index is -1.59. The van der Waals surface area contributed by atoms with Gasteiger partial charge in [-0.15, -0.1) is 0 Å². The van der Waals surface area contributed by atoms with E-state index in [1.165, 1.54) is 24.3 Å². The van der Waals surface area contributed by atoms with Crippen molar-refractivity contribution >= 4 is 40.0 Å². The summed E-state index contributed by atoms with van der Waals surface area (Å²) in [5, 5.41) is 2.25. The van der Waals surface area contributed by atoms with Gasteiger partial charge in [0.05, 0.1) is 33.5 Å². The molecule has 0 bridgehead atoms. The first-order valence-corrected chi connectivity index (χ1v) is 11.2. The Labute approximate surface area is 203 Å². The number of amides is 1. The van der Waals surface area contributed by atoms with Gasteiger partial charge < -0.3 is 15.0 Å². The Bertz CT molecular complexity index is 1440. The van der Waals surface area contributed by atoms with E-state index in [0.29, 0.717) is 22.9 Å². The maximum Gasteiger partial charge on any atom is 0.257 e. The van der Waals surface area contributed by atoms with Gasteiger partial charge in [0.2, 0.25) is 11.6 Å². The van der Waals surface area contributed by atoms with Crippen LogP contribution in [0.5, 0.6) is 11.5 Å². The van der Waals surface area contributed by atoms with E-state index >= 15 is 0 Å². The molecule has 35 heavy (non-hydrogen) atoms. The molecule has 1 N–H and O–H groups in total. The second-order valence-electron chi connectivity index (χ2n) is 7.97. The number of ether oxygens (including phenoxy) is 1. The van der Waals surface area contributed by atoms with E-state index in [1.54, 1.807) is 24.4 Å². The van der Waals surface area contributed by atoms with Crippen molar-refractivity contribution in [3.63, 3.8) is 0 Å². The monoisotopic (exact) mass is 498 g/mol. The predicted octanol–water partition coefficient (Wildman–Crippen LogP) is 6.35. The van der Waals surface area contributed by atoms with Crippen LogP contribution in [0, 0.1) is 17.5 Å². The third-order valence-corrected chi connectivity index (χ3v) is 5.96. The molecule has 1 aromatic heterocycles. The molecule has 0 saturated carbocycles. The van der Waals surface area contributed by atoms with E-state index in [-0.39, 0.29) is 16.3 Å². The Hall–Kier alpha value is -3.85. The Kier molecular flexibility index (Phi) is 6.17. The zero-order valence-electron chi connectivity index (χ0n) is 18.2. The van der Waals surface area contributed by atoms with E-state index in [9.17, 15) is 18.0 Å². The zero-order valence-corrected chi connectivity index (χ0v) is 19.0. The van der Waals surface area contributed by atoms with Crippen molar-refractivity contribution < 1.29 is 22.7 Å². The highest BCUT2D eigenvalue weighted by molar-refractivity contribution is 6.34. The second kappa shape index (κ2) is 9.42. The summed E-state index contributed by atoms with van der Waals surface area (Å²) in [6.07, 6.45) is 3.82. The topological polar surface area (TPSA) is 67.3 Å². The van der Waals surface area contributed by atoms with Crippen LogP contribution in [0.1, 0.15) is 23.2 Å². The van der Waals surface area contributed by atoms with E-state index in [4.69, 9.17) is 16.3 Å². The van der Waals surface area contributed by atoms with Crippen LogP contribution in [0.25, 0.3) is 11.0 Å². The highest BCUT2D eigenvalue weighted by Gasteiger charge is 2.23. The molecular formula is C25H18ClF3N4O2. The van der Waals surface area contributed by atoms with Gasteiger partial charge in [-0.05, 0) is 37.1 Å². The lowest BCUT2D eigenvalue weighted by atomic mass is 10.2. The van der Waals surface area contributed by atoms with Crippen LogP contribution < -0.4 is 15.0 Å². The van der Waals surface area contributed by atoms with Gasteiger partial charge in [0.25, 0.3) is 5.91 Å². The number of hydrogen-bond donors (Lipinski definition) is 1. The number of anilines is 2. The lowest BCUT2D eigenvalue weighted by Crippen LogP contribution is -2.19. The molecule has 5 rings (SSSR count). The molecule has 1 aliphatic heterocycles. The molecule has 0 aliphatic carbocycles. The average molecular weight is 499 g/mol. The lowest BCUT2D eigenvalue weighted by molar-refractivity contribution is 0.102. The third kappa shape index (κ3) is 4.59. The normalized spacial score (nSPS) is 13.3. The number of carbonyl (C=O) groups is 1. The molecule has 6 nitrogen and oxygen atoms in total. The van der Waals surface area contributed by atoms with Gasteiger partial charge in [0, 0.05) is 25.2 Å². The van der Waals surface area contributed by atoms with E-state index < -0.39 is 34.8 Å². The number of halogens is 4. The van der Waals surface area contributed by atoms with Crippen molar-refractivity contribution in [1.82, 2.24) is 9.97 Å². The fraction of sp³-hybridized carbons (Fsp3) is 0.160. The van der Waals surface area contributed by atoms with Crippen molar-refractivity contribution in [2.45, 2.75) is 12.8 Å². The van der Waals surface area contributed by atoms with Crippen LogP contribution in [0.15, 0.2) is 54.7 Å². The molecule has 0 radical (unpaired) electrons. The van der Waals surface area contributed by atoms with Gasteiger partial charge in [0.1, 0.15) is 11.6 Å². The molecular weight excluding hydrogens is 481 g/mol. The Morgan fingerprint density at radius 1 is 1.00 bits per heavy atom. The fourth-order valence-electron chi connectivity index (χ4n) is 3.86. The largest absolute Gasteiger partial charge is 0.451 e. The first-order chi connectivity index (χ1) is 16.9. The van der Waals surface area contributed by atoms with E-state index in [2.05, 4.69) is 20.2 Å². The molecule has 178 valence electrons. The Morgan fingerprint density at radius 2 is 1.77 bits per heavy atom. The van der Waals surface area contributed by atoms with Gasteiger partial charge in [-0.2, -0.15) is 4.39 Å². The van der Waals surface area contributed by atoms with Gasteiger partial charge in [-0.3, -0.25) is 9.78 Å².